The van der Waals surface area contributed by atoms with Crippen LogP contribution in [-0.4, -0.2) is 59.5 Å². The van der Waals surface area contributed by atoms with E-state index in [-0.39, 0.29) is 46.3 Å². The highest BCUT2D eigenvalue weighted by Gasteiger charge is 2.53. The summed E-state index contributed by atoms with van der Waals surface area (Å²) in [7, 11) is 0. The van der Waals surface area contributed by atoms with Crippen LogP contribution in [0.3, 0.4) is 0 Å². The number of piperidine rings is 2. The predicted molar refractivity (Wildman–Crippen MR) is 379 cm³/mol. The first-order valence-electron chi connectivity index (χ1n) is 34.6. The van der Waals surface area contributed by atoms with E-state index in [0.29, 0.717) is 38.9 Å². The van der Waals surface area contributed by atoms with Gasteiger partial charge in [0.15, 0.2) is 0 Å². The monoisotopic (exact) mass is 1240 g/mol. The summed E-state index contributed by atoms with van der Waals surface area (Å²) in [5.41, 5.74) is 22.6. The maximum atomic E-state index is 13.5. The van der Waals surface area contributed by atoms with Gasteiger partial charge in [-0.15, -0.1) is 0 Å². The molecule has 0 amide bonds. The molecule has 0 unspecified atom stereocenters. The molecular weight excluding hydrogens is 1160 g/mol. The van der Waals surface area contributed by atoms with Gasteiger partial charge in [0.05, 0.1) is 24.0 Å². The van der Waals surface area contributed by atoms with Gasteiger partial charge in [0.1, 0.15) is 23.7 Å². The van der Waals surface area contributed by atoms with E-state index in [2.05, 4.69) is 260 Å². The second kappa shape index (κ2) is 23.7. The summed E-state index contributed by atoms with van der Waals surface area (Å²) in [5, 5.41) is 7.43. The number of hydrogen-bond acceptors (Lipinski definition) is 8. The van der Waals surface area contributed by atoms with Crippen molar-refractivity contribution < 1.29 is 28.5 Å². The van der Waals surface area contributed by atoms with E-state index in [1.54, 1.807) is 0 Å². The van der Waals surface area contributed by atoms with Gasteiger partial charge < -0.3 is 29.6 Å². The van der Waals surface area contributed by atoms with Crippen molar-refractivity contribution in [3.05, 3.63) is 239 Å². The van der Waals surface area contributed by atoms with Crippen molar-refractivity contribution in [2.75, 3.05) is 13.2 Å². The number of rotatable bonds is 18. The Bertz CT molecular complexity index is 4010. The Morgan fingerprint density at radius 1 is 0.330 bits per heavy atom. The quantitative estimate of drug-likeness (QED) is 0.0648. The van der Waals surface area contributed by atoms with Crippen molar-refractivity contribution >= 4 is 11.9 Å². The topological polar surface area (TPSA) is 95.1 Å². The van der Waals surface area contributed by atoms with Crippen LogP contribution in [0.5, 0.6) is 11.5 Å². The Morgan fingerprint density at radius 3 is 0.904 bits per heavy atom. The molecule has 2 heterocycles. The van der Waals surface area contributed by atoms with E-state index in [1.807, 2.05) is 0 Å². The fourth-order valence-electron chi connectivity index (χ4n) is 18.3. The standard InChI is InChI=1S/C86H88N2O6/c1-81(2)51-57(52-82(3,4)87-81)93-79(89)39-11-9-25-45-91-77-49-68(56-42-44-66-64-32-18-24-38-74(64)86(76(66)48-56)71-35-21-15-29-61(71)62-30-16-22-36-72(62)86)78(92-46-26-10-12-40-80(90)94-58-53-83(5,6)88-84(7,8)54-58)50-67(77)55-41-43-65-63-31-17-23-37-73(63)85(75(65)47-55)69-33-19-13-27-59(69)60-28-14-20-34-70(60)85/h13-24,27-38,41-44,47-50,57-58,87-88H,9-12,25-26,39-40,45-46,51-54H2,1-8H3. The second-order valence-corrected chi connectivity index (χ2v) is 30.3. The molecule has 0 bridgehead atoms. The van der Waals surface area contributed by atoms with E-state index in [9.17, 15) is 9.59 Å². The van der Waals surface area contributed by atoms with Gasteiger partial charge in [0.2, 0.25) is 0 Å². The zero-order valence-corrected chi connectivity index (χ0v) is 56.0. The largest absolute Gasteiger partial charge is 0.493 e. The molecule has 0 radical (unpaired) electrons. The summed E-state index contributed by atoms with van der Waals surface area (Å²) in [6, 6.07) is 72.4. The lowest BCUT2D eigenvalue weighted by Gasteiger charge is -2.46. The average molecular weight is 1250 g/mol. The molecule has 2 fully saturated rings. The molecule has 6 aliphatic rings. The number of fused-ring (bicyclic) bond motifs is 20. The van der Waals surface area contributed by atoms with Gasteiger partial charge in [-0.2, -0.15) is 0 Å². The number of unbranched alkanes of at least 4 members (excludes halogenated alkanes) is 4. The molecule has 2 N–H and O–H groups in total. The lowest BCUT2D eigenvalue weighted by atomic mass is 9.70. The average Bonchev–Trinajstić information content (AvgIpc) is 1.52. The molecule has 4 aliphatic carbocycles. The summed E-state index contributed by atoms with van der Waals surface area (Å²) in [5.74, 6) is 1.28. The lowest BCUT2D eigenvalue weighted by molar-refractivity contribution is -0.154. The molecule has 8 nitrogen and oxygen atoms in total. The van der Waals surface area contributed by atoms with Crippen molar-refractivity contribution in [1.29, 1.82) is 0 Å². The molecular formula is C86H88N2O6. The van der Waals surface area contributed by atoms with Gasteiger partial charge in [-0.25, -0.2) is 0 Å². The minimum atomic E-state index is -0.542. The Hall–Kier alpha value is -8.56. The molecule has 9 aromatic rings. The number of carbonyl (C=O) groups is 2. The molecule has 0 atom stereocenters. The van der Waals surface area contributed by atoms with Crippen molar-refractivity contribution in [2.24, 2.45) is 0 Å². The highest BCUT2D eigenvalue weighted by molar-refractivity contribution is 5.98. The van der Waals surface area contributed by atoms with E-state index in [0.717, 1.165) is 85.1 Å². The number of benzene rings is 9. The van der Waals surface area contributed by atoms with E-state index in [4.69, 9.17) is 18.9 Å². The molecule has 478 valence electrons. The van der Waals surface area contributed by atoms with Crippen LogP contribution >= 0.6 is 0 Å². The van der Waals surface area contributed by atoms with Gasteiger partial charge in [0.25, 0.3) is 0 Å². The SMILES string of the molecule is CC1(C)CC(OC(=O)CCCCCOc2cc(-c3ccc4c(c3)C3(c5ccccc5-c5ccccc53)c3ccccc3-4)c(OCCCCCC(=O)OC3CC(C)(C)NC(C)(C)C3)cc2-c2ccc3c(c2)C2(c4ccccc4-c4ccccc42)c2ccccc2-3)CC(C)(C)N1. The van der Waals surface area contributed by atoms with E-state index >= 15 is 0 Å². The van der Waals surface area contributed by atoms with Crippen LogP contribution in [0.25, 0.3) is 66.8 Å². The van der Waals surface area contributed by atoms with Gasteiger partial charge in [-0.3, -0.25) is 9.59 Å². The molecule has 8 heteroatoms. The van der Waals surface area contributed by atoms with Gasteiger partial charge in [-0.05, 0) is 218 Å². The van der Waals surface area contributed by atoms with E-state index in [1.165, 1.54) is 89.0 Å². The van der Waals surface area contributed by atoms with Crippen molar-refractivity contribution in [3.8, 4) is 78.3 Å². The molecule has 15 rings (SSSR count). The number of nitrogens with one attached hydrogen (secondary N) is 2. The van der Waals surface area contributed by atoms with Crippen LogP contribution < -0.4 is 20.1 Å². The number of carbonyl (C=O) groups excluding carboxylic acids is 2. The number of ether oxygens (including phenoxy) is 4. The summed E-state index contributed by atoms with van der Waals surface area (Å²) in [6.45, 7) is 18.4. The normalized spacial score (nSPS) is 18.0. The molecule has 2 aliphatic heterocycles. The molecule has 2 saturated heterocycles. The van der Waals surface area contributed by atoms with Crippen LogP contribution in [0.2, 0.25) is 0 Å². The zero-order chi connectivity index (χ0) is 64.8. The summed E-state index contributed by atoms with van der Waals surface area (Å²) in [6.07, 6.45) is 8.23. The molecule has 2 spiro atoms. The fraction of sp³-hybridized carbons (Fsp3) is 0.349. The molecule has 0 saturated carbocycles. The molecule has 9 aromatic carbocycles. The summed E-state index contributed by atoms with van der Waals surface area (Å²) in [4.78, 5) is 26.9. The fourth-order valence-corrected chi connectivity index (χ4v) is 18.3. The number of hydrogen-bond donors (Lipinski definition) is 2. The maximum absolute atomic E-state index is 13.5. The first-order valence-corrected chi connectivity index (χ1v) is 34.6. The number of esters is 2. The van der Waals surface area contributed by atoms with Gasteiger partial charge in [0, 0.05) is 71.8 Å². The first kappa shape index (κ1) is 61.6. The minimum Gasteiger partial charge on any atom is -0.493 e. The Balaban J connectivity index is 0.809. The molecule has 0 aromatic heterocycles. The van der Waals surface area contributed by atoms with Crippen LogP contribution in [0.4, 0.5) is 0 Å². The first-order chi connectivity index (χ1) is 45.3. The summed E-state index contributed by atoms with van der Waals surface area (Å²) >= 11 is 0. The Kier molecular flexibility index (Phi) is 15.5. The van der Waals surface area contributed by atoms with Crippen molar-refractivity contribution in [3.63, 3.8) is 0 Å². The summed E-state index contributed by atoms with van der Waals surface area (Å²) < 4.78 is 26.8. The third-order valence-electron chi connectivity index (χ3n) is 21.2. The van der Waals surface area contributed by atoms with Crippen LogP contribution in [0, 0.1) is 0 Å². The minimum absolute atomic E-state index is 0.111. The molecule has 94 heavy (non-hydrogen) atoms. The van der Waals surface area contributed by atoms with Crippen molar-refractivity contribution in [2.45, 2.75) is 178 Å². The highest BCUT2D eigenvalue weighted by Crippen LogP contribution is 2.65. The predicted octanol–water partition coefficient (Wildman–Crippen LogP) is 19.3. The van der Waals surface area contributed by atoms with Crippen LogP contribution in [0.1, 0.15) is 177 Å². The van der Waals surface area contributed by atoms with Crippen LogP contribution in [-0.2, 0) is 29.9 Å². The maximum Gasteiger partial charge on any atom is 0.306 e. The van der Waals surface area contributed by atoms with Gasteiger partial charge in [-0.1, -0.05) is 170 Å². The van der Waals surface area contributed by atoms with E-state index < -0.39 is 10.8 Å². The lowest BCUT2D eigenvalue weighted by Crippen LogP contribution is -2.59. The second-order valence-electron chi connectivity index (χ2n) is 30.3. The third kappa shape index (κ3) is 10.8. The third-order valence-corrected chi connectivity index (χ3v) is 21.2. The van der Waals surface area contributed by atoms with Gasteiger partial charge >= 0.3 is 11.9 Å². The Labute approximate surface area is 555 Å². The Morgan fingerprint density at radius 2 is 0.606 bits per heavy atom. The van der Waals surface area contributed by atoms with Crippen LogP contribution in [0.15, 0.2) is 194 Å². The highest BCUT2D eigenvalue weighted by atomic mass is 16.5. The van der Waals surface area contributed by atoms with Crippen molar-refractivity contribution in [1.82, 2.24) is 10.6 Å². The smallest absolute Gasteiger partial charge is 0.306 e. The zero-order valence-electron chi connectivity index (χ0n) is 56.0.